The van der Waals surface area contributed by atoms with E-state index in [-0.39, 0.29) is 30.5 Å². The molecule has 0 fully saturated rings. The summed E-state index contributed by atoms with van der Waals surface area (Å²) in [6.07, 6.45) is 7.37. The molecule has 0 bridgehead atoms. The zero-order valence-electron chi connectivity index (χ0n) is 11.9. The van der Waals surface area contributed by atoms with Crippen molar-refractivity contribution in [3.63, 3.8) is 0 Å². The number of terminal acetylenes is 1. The van der Waals surface area contributed by atoms with Crippen molar-refractivity contribution in [3.05, 3.63) is 0 Å². The molecule has 5 nitrogen and oxygen atoms in total. The Labute approximate surface area is 115 Å². The van der Waals surface area contributed by atoms with Gasteiger partial charge in [-0.15, -0.1) is 6.42 Å². The average Bonchev–Trinajstić information content (AvgIpc) is 2.35. The second-order valence-corrected chi connectivity index (χ2v) is 4.88. The van der Waals surface area contributed by atoms with Crippen LogP contribution in [0.1, 0.15) is 40.0 Å². The molecule has 0 aromatic heterocycles. The van der Waals surface area contributed by atoms with Crippen molar-refractivity contribution < 1.29 is 14.7 Å². The molecule has 19 heavy (non-hydrogen) atoms. The van der Waals surface area contributed by atoms with Gasteiger partial charge in [-0.05, 0) is 26.7 Å². The molecular formula is C14H24N2O3. The second kappa shape index (κ2) is 9.40. The van der Waals surface area contributed by atoms with Crippen LogP contribution in [0.4, 0.5) is 0 Å². The maximum absolute atomic E-state index is 11.6. The molecule has 0 aromatic carbocycles. The third-order valence-electron chi connectivity index (χ3n) is 2.99. The van der Waals surface area contributed by atoms with E-state index in [0.717, 1.165) is 12.8 Å². The van der Waals surface area contributed by atoms with Crippen LogP contribution in [0.25, 0.3) is 0 Å². The molecule has 0 aliphatic carbocycles. The number of carboxylic acid groups (broad SMARTS) is 1. The Morgan fingerprint density at radius 2 is 1.89 bits per heavy atom. The molecule has 3 atom stereocenters. The topological polar surface area (TPSA) is 78.4 Å². The van der Waals surface area contributed by atoms with Crippen molar-refractivity contribution in [3.8, 4) is 12.3 Å². The fourth-order valence-corrected chi connectivity index (χ4v) is 1.73. The number of aliphatic carboxylic acids is 1. The fourth-order valence-electron chi connectivity index (χ4n) is 1.73. The number of hydrogen-bond donors (Lipinski definition) is 3. The van der Waals surface area contributed by atoms with Gasteiger partial charge in [-0.25, -0.2) is 0 Å². The molecule has 0 aromatic rings. The van der Waals surface area contributed by atoms with Gasteiger partial charge < -0.3 is 15.7 Å². The monoisotopic (exact) mass is 268 g/mol. The molecule has 0 aliphatic heterocycles. The quantitative estimate of drug-likeness (QED) is 0.545. The molecule has 0 rings (SSSR count). The minimum atomic E-state index is -0.761. The summed E-state index contributed by atoms with van der Waals surface area (Å²) in [5.41, 5.74) is 0. The Kier molecular flexibility index (Phi) is 8.64. The number of carbonyl (C=O) groups is 2. The number of rotatable bonds is 9. The summed E-state index contributed by atoms with van der Waals surface area (Å²) in [4.78, 5) is 22.2. The Morgan fingerprint density at radius 1 is 1.26 bits per heavy atom. The van der Waals surface area contributed by atoms with E-state index >= 15 is 0 Å². The predicted octanol–water partition coefficient (Wildman–Crippen LogP) is 0.993. The van der Waals surface area contributed by atoms with Crippen LogP contribution in [0.5, 0.6) is 0 Å². The van der Waals surface area contributed by atoms with E-state index in [2.05, 4.69) is 16.6 Å². The molecular weight excluding hydrogens is 244 g/mol. The number of amides is 1. The van der Waals surface area contributed by atoms with Gasteiger partial charge in [0.15, 0.2) is 0 Å². The Morgan fingerprint density at radius 3 is 2.42 bits per heavy atom. The minimum Gasteiger partial charge on any atom is -0.481 e. The Bertz CT molecular complexity index is 336. The van der Waals surface area contributed by atoms with Crippen LogP contribution in [-0.4, -0.2) is 35.6 Å². The number of nitrogens with one attached hydrogen (secondary N) is 2. The molecule has 0 saturated carbocycles. The van der Waals surface area contributed by atoms with Gasteiger partial charge in [0.2, 0.25) is 5.91 Å². The first-order chi connectivity index (χ1) is 8.88. The lowest BCUT2D eigenvalue weighted by Crippen LogP contribution is -2.45. The first kappa shape index (κ1) is 17.5. The smallest absolute Gasteiger partial charge is 0.306 e. The third-order valence-corrected chi connectivity index (χ3v) is 2.99. The summed E-state index contributed by atoms with van der Waals surface area (Å²) in [6.45, 7) is 5.70. The molecule has 5 heteroatoms. The van der Waals surface area contributed by atoms with Crippen molar-refractivity contribution in [2.24, 2.45) is 5.92 Å². The standard InChI is InChI=1S/C14H24N2O3/c1-5-9-15-13(17)12(4)16-11(3)8-6-7-10(2)14(18)19/h1,10-12,16H,6-9H2,2-4H3,(H,15,17)(H,18,19). The molecule has 0 heterocycles. The number of hydrogen-bond acceptors (Lipinski definition) is 3. The first-order valence-corrected chi connectivity index (χ1v) is 6.58. The van der Waals surface area contributed by atoms with Gasteiger partial charge in [-0.2, -0.15) is 0 Å². The molecule has 0 saturated heterocycles. The predicted molar refractivity (Wildman–Crippen MR) is 74.6 cm³/mol. The van der Waals surface area contributed by atoms with Crippen LogP contribution in [0, 0.1) is 18.3 Å². The molecule has 108 valence electrons. The van der Waals surface area contributed by atoms with Gasteiger partial charge in [0.05, 0.1) is 18.5 Å². The highest BCUT2D eigenvalue weighted by atomic mass is 16.4. The van der Waals surface area contributed by atoms with Gasteiger partial charge in [-0.3, -0.25) is 9.59 Å². The Balaban J connectivity index is 3.85. The van der Waals surface area contributed by atoms with Crippen molar-refractivity contribution in [1.29, 1.82) is 0 Å². The summed E-state index contributed by atoms with van der Waals surface area (Å²) in [6, 6.07) is -0.146. The van der Waals surface area contributed by atoms with Crippen LogP contribution in [0.15, 0.2) is 0 Å². The van der Waals surface area contributed by atoms with E-state index in [1.807, 2.05) is 6.92 Å². The second-order valence-electron chi connectivity index (χ2n) is 4.88. The molecule has 0 radical (unpaired) electrons. The highest BCUT2D eigenvalue weighted by Gasteiger charge is 2.15. The van der Waals surface area contributed by atoms with Crippen molar-refractivity contribution in [2.45, 2.75) is 52.1 Å². The molecule has 3 N–H and O–H groups in total. The Hall–Kier alpha value is -1.54. The van der Waals surface area contributed by atoms with E-state index in [9.17, 15) is 9.59 Å². The van der Waals surface area contributed by atoms with E-state index in [4.69, 9.17) is 11.5 Å². The average molecular weight is 268 g/mol. The zero-order valence-corrected chi connectivity index (χ0v) is 11.9. The lowest BCUT2D eigenvalue weighted by Gasteiger charge is -2.19. The van der Waals surface area contributed by atoms with Crippen molar-refractivity contribution in [2.75, 3.05) is 6.54 Å². The van der Waals surface area contributed by atoms with Crippen molar-refractivity contribution >= 4 is 11.9 Å². The highest BCUT2D eigenvalue weighted by Crippen LogP contribution is 2.09. The van der Waals surface area contributed by atoms with Crippen LogP contribution < -0.4 is 10.6 Å². The summed E-state index contributed by atoms with van der Waals surface area (Å²) in [5, 5.41) is 14.5. The highest BCUT2D eigenvalue weighted by molar-refractivity contribution is 5.81. The SMILES string of the molecule is C#CCNC(=O)C(C)NC(C)CCCC(C)C(=O)O. The van der Waals surface area contributed by atoms with Crippen LogP contribution in [0.3, 0.4) is 0 Å². The lowest BCUT2D eigenvalue weighted by molar-refractivity contribution is -0.141. The van der Waals surface area contributed by atoms with Crippen LogP contribution in [-0.2, 0) is 9.59 Å². The van der Waals surface area contributed by atoms with E-state index in [1.54, 1.807) is 13.8 Å². The lowest BCUT2D eigenvalue weighted by atomic mass is 10.0. The fraction of sp³-hybridized carbons (Fsp3) is 0.714. The van der Waals surface area contributed by atoms with Gasteiger partial charge in [-0.1, -0.05) is 19.3 Å². The normalized spacial score (nSPS) is 15.1. The van der Waals surface area contributed by atoms with Gasteiger partial charge in [0, 0.05) is 6.04 Å². The van der Waals surface area contributed by atoms with E-state index in [0.29, 0.717) is 6.42 Å². The minimum absolute atomic E-state index is 0.122. The molecule has 0 spiro atoms. The van der Waals surface area contributed by atoms with E-state index < -0.39 is 5.97 Å². The number of carbonyl (C=O) groups excluding carboxylic acids is 1. The maximum Gasteiger partial charge on any atom is 0.306 e. The van der Waals surface area contributed by atoms with Crippen molar-refractivity contribution in [1.82, 2.24) is 10.6 Å². The largest absolute Gasteiger partial charge is 0.481 e. The third kappa shape index (κ3) is 8.22. The van der Waals surface area contributed by atoms with Crippen LogP contribution >= 0.6 is 0 Å². The first-order valence-electron chi connectivity index (χ1n) is 6.58. The maximum atomic E-state index is 11.6. The van der Waals surface area contributed by atoms with Gasteiger partial charge in [0.25, 0.3) is 0 Å². The van der Waals surface area contributed by atoms with E-state index in [1.165, 1.54) is 0 Å². The summed E-state index contributed by atoms with van der Waals surface area (Å²) >= 11 is 0. The van der Waals surface area contributed by atoms with Crippen LogP contribution in [0.2, 0.25) is 0 Å². The molecule has 1 amide bonds. The molecule has 0 aliphatic rings. The van der Waals surface area contributed by atoms with Gasteiger partial charge in [0.1, 0.15) is 0 Å². The van der Waals surface area contributed by atoms with Gasteiger partial charge >= 0.3 is 5.97 Å². The zero-order chi connectivity index (χ0) is 14.8. The summed E-state index contributed by atoms with van der Waals surface area (Å²) < 4.78 is 0. The number of carboxylic acids is 1. The molecule has 3 unspecified atom stereocenters. The summed E-state index contributed by atoms with van der Waals surface area (Å²) in [7, 11) is 0. The summed E-state index contributed by atoms with van der Waals surface area (Å²) in [5.74, 6) is 1.15.